The van der Waals surface area contributed by atoms with Crippen LogP contribution in [0.3, 0.4) is 0 Å². The minimum absolute atomic E-state index is 0.229. The van der Waals surface area contributed by atoms with Crippen LogP contribution in [0.1, 0.15) is 26.3 Å². The lowest BCUT2D eigenvalue weighted by atomic mass is 10.1. The summed E-state index contributed by atoms with van der Waals surface area (Å²) >= 11 is 0. The van der Waals surface area contributed by atoms with E-state index in [1.54, 1.807) is 0 Å². The first-order valence-corrected chi connectivity index (χ1v) is 5.88. The molecular weight excluding hydrogens is 196 g/mol. The Morgan fingerprint density at radius 1 is 1.00 bits per heavy atom. The molecule has 2 aromatic carbocycles. The first-order chi connectivity index (χ1) is 7.69. The molecule has 16 heavy (non-hydrogen) atoms. The van der Waals surface area contributed by atoms with Gasteiger partial charge in [0.05, 0.1) is 6.10 Å². The molecule has 0 amide bonds. The van der Waals surface area contributed by atoms with Crippen molar-refractivity contribution >= 4 is 10.8 Å². The van der Waals surface area contributed by atoms with E-state index in [4.69, 9.17) is 4.74 Å². The van der Waals surface area contributed by atoms with Crippen molar-refractivity contribution in [3.63, 3.8) is 0 Å². The van der Waals surface area contributed by atoms with Crippen molar-refractivity contribution in [2.45, 2.75) is 33.3 Å². The molecule has 0 saturated carbocycles. The van der Waals surface area contributed by atoms with Crippen molar-refractivity contribution in [2.75, 3.05) is 0 Å². The minimum Gasteiger partial charge on any atom is -0.491 e. The van der Waals surface area contributed by atoms with Gasteiger partial charge in [0.15, 0.2) is 0 Å². The molecule has 1 heteroatoms. The summed E-state index contributed by atoms with van der Waals surface area (Å²) in [4.78, 5) is 0. The zero-order valence-corrected chi connectivity index (χ0v) is 10.2. The highest BCUT2D eigenvalue weighted by molar-refractivity contribution is 5.84. The Labute approximate surface area is 97.1 Å². The molecule has 0 aromatic heterocycles. The maximum atomic E-state index is 5.68. The van der Waals surface area contributed by atoms with Crippen LogP contribution in [0.5, 0.6) is 5.75 Å². The predicted octanol–water partition coefficient (Wildman–Crippen LogP) is 4.19. The van der Waals surface area contributed by atoms with Gasteiger partial charge in [-0.1, -0.05) is 31.2 Å². The Balaban J connectivity index is 2.39. The quantitative estimate of drug-likeness (QED) is 0.744. The van der Waals surface area contributed by atoms with Gasteiger partial charge in [0.2, 0.25) is 0 Å². The van der Waals surface area contributed by atoms with E-state index < -0.39 is 0 Å². The largest absolute Gasteiger partial charge is 0.491 e. The summed E-state index contributed by atoms with van der Waals surface area (Å²) in [6.45, 7) is 6.27. The molecule has 0 bridgehead atoms. The normalized spacial score (nSPS) is 11.0. The maximum absolute atomic E-state index is 5.68. The SMILES string of the molecule is CCc1ccc2cc(OC(C)C)ccc2c1. The van der Waals surface area contributed by atoms with Crippen molar-refractivity contribution in [3.05, 3.63) is 42.0 Å². The molecule has 0 spiro atoms. The third-order valence-corrected chi connectivity index (χ3v) is 2.66. The second kappa shape index (κ2) is 4.56. The molecule has 0 N–H and O–H groups in total. The lowest BCUT2D eigenvalue weighted by Crippen LogP contribution is -2.05. The van der Waals surface area contributed by atoms with Gasteiger partial charge in [-0.2, -0.15) is 0 Å². The number of rotatable bonds is 3. The van der Waals surface area contributed by atoms with E-state index in [-0.39, 0.29) is 6.10 Å². The van der Waals surface area contributed by atoms with Gasteiger partial charge in [0, 0.05) is 0 Å². The minimum atomic E-state index is 0.229. The smallest absolute Gasteiger partial charge is 0.120 e. The standard InChI is InChI=1S/C15H18O/c1-4-12-5-6-14-10-15(16-11(2)3)8-7-13(14)9-12/h5-11H,4H2,1-3H3. The number of fused-ring (bicyclic) bond motifs is 1. The topological polar surface area (TPSA) is 9.23 Å². The average molecular weight is 214 g/mol. The molecule has 2 aromatic rings. The van der Waals surface area contributed by atoms with Gasteiger partial charge in [-0.05, 0) is 48.7 Å². The molecule has 2 rings (SSSR count). The van der Waals surface area contributed by atoms with E-state index >= 15 is 0 Å². The summed E-state index contributed by atoms with van der Waals surface area (Å²) in [7, 11) is 0. The van der Waals surface area contributed by atoms with Crippen LogP contribution in [-0.2, 0) is 6.42 Å². The lowest BCUT2D eigenvalue weighted by molar-refractivity contribution is 0.243. The van der Waals surface area contributed by atoms with Gasteiger partial charge < -0.3 is 4.74 Å². The van der Waals surface area contributed by atoms with E-state index in [0.29, 0.717) is 0 Å². The number of hydrogen-bond acceptors (Lipinski definition) is 1. The fraction of sp³-hybridized carbons (Fsp3) is 0.333. The Bertz CT molecular complexity index is 486. The highest BCUT2D eigenvalue weighted by atomic mass is 16.5. The molecule has 84 valence electrons. The Morgan fingerprint density at radius 2 is 1.69 bits per heavy atom. The monoisotopic (exact) mass is 214 g/mol. The predicted molar refractivity (Wildman–Crippen MR) is 69.1 cm³/mol. The number of aryl methyl sites for hydroxylation is 1. The highest BCUT2D eigenvalue weighted by Gasteiger charge is 2.00. The third-order valence-electron chi connectivity index (χ3n) is 2.66. The Morgan fingerprint density at radius 3 is 2.38 bits per heavy atom. The zero-order valence-electron chi connectivity index (χ0n) is 10.2. The first kappa shape index (κ1) is 11.0. The van der Waals surface area contributed by atoms with Crippen molar-refractivity contribution < 1.29 is 4.74 Å². The molecule has 0 saturated heterocycles. The van der Waals surface area contributed by atoms with E-state index in [0.717, 1.165) is 12.2 Å². The van der Waals surface area contributed by atoms with E-state index in [1.165, 1.54) is 16.3 Å². The van der Waals surface area contributed by atoms with Gasteiger partial charge >= 0.3 is 0 Å². The summed E-state index contributed by atoms with van der Waals surface area (Å²) in [5.74, 6) is 0.951. The van der Waals surface area contributed by atoms with Crippen LogP contribution in [0.15, 0.2) is 36.4 Å². The van der Waals surface area contributed by atoms with Crippen LogP contribution in [0.4, 0.5) is 0 Å². The summed E-state index contributed by atoms with van der Waals surface area (Å²) in [6.07, 6.45) is 1.31. The van der Waals surface area contributed by atoms with E-state index in [9.17, 15) is 0 Å². The van der Waals surface area contributed by atoms with E-state index in [1.807, 2.05) is 19.9 Å². The van der Waals surface area contributed by atoms with Crippen molar-refractivity contribution in [3.8, 4) is 5.75 Å². The van der Waals surface area contributed by atoms with E-state index in [2.05, 4.69) is 37.3 Å². The molecule has 0 radical (unpaired) electrons. The van der Waals surface area contributed by atoms with Gasteiger partial charge in [0.25, 0.3) is 0 Å². The molecule has 0 unspecified atom stereocenters. The molecule has 1 nitrogen and oxygen atoms in total. The number of hydrogen-bond donors (Lipinski definition) is 0. The molecule has 0 aliphatic heterocycles. The lowest BCUT2D eigenvalue weighted by Gasteiger charge is -2.10. The van der Waals surface area contributed by atoms with Gasteiger partial charge in [-0.3, -0.25) is 0 Å². The van der Waals surface area contributed by atoms with Gasteiger partial charge in [0.1, 0.15) is 5.75 Å². The second-order valence-electron chi connectivity index (χ2n) is 4.36. The summed E-state index contributed by atoms with van der Waals surface area (Å²) in [5.41, 5.74) is 1.38. The summed E-state index contributed by atoms with van der Waals surface area (Å²) in [5, 5.41) is 2.53. The molecule has 0 aliphatic carbocycles. The molecular formula is C15H18O. The first-order valence-electron chi connectivity index (χ1n) is 5.88. The second-order valence-corrected chi connectivity index (χ2v) is 4.36. The van der Waals surface area contributed by atoms with Crippen LogP contribution >= 0.6 is 0 Å². The Hall–Kier alpha value is -1.50. The molecule has 0 aliphatic rings. The van der Waals surface area contributed by atoms with Gasteiger partial charge in [-0.25, -0.2) is 0 Å². The molecule has 0 heterocycles. The van der Waals surface area contributed by atoms with Crippen molar-refractivity contribution in [2.24, 2.45) is 0 Å². The Kier molecular flexibility index (Phi) is 3.14. The number of ether oxygens (including phenoxy) is 1. The maximum Gasteiger partial charge on any atom is 0.120 e. The third kappa shape index (κ3) is 2.35. The number of benzene rings is 2. The van der Waals surface area contributed by atoms with Crippen LogP contribution in [-0.4, -0.2) is 6.10 Å². The average Bonchev–Trinajstić information content (AvgIpc) is 2.27. The van der Waals surface area contributed by atoms with Crippen molar-refractivity contribution in [1.82, 2.24) is 0 Å². The fourth-order valence-electron chi connectivity index (χ4n) is 1.84. The van der Waals surface area contributed by atoms with Gasteiger partial charge in [-0.15, -0.1) is 0 Å². The fourth-order valence-corrected chi connectivity index (χ4v) is 1.84. The van der Waals surface area contributed by atoms with Crippen LogP contribution in [0, 0.1) is 0 Å². The molecule has 0 fully saturated rings. The highest BCUT2D eigenvalue weighted by Crippen LogP contribution is 2.22. The zero-order chi connectivity index (χ0) is 11.5. The summed E-state index contributed by atoms with van der Waals surface area (Å²) < 4.78 is 5.68. The van der Waals surface area contributed by atoms with Crippen LogP contribution < -0.4 is 4.74 Å². The molecule has 0 atom stereocenters. The summed E-state index contributed by atoms with van der Waals surface area (Å²) in [6, 6.07) is 12.9. The van der Waals surface area contributed by atoms with Crippen LogP contribution in [0.25, 0.3) is 10.8 Å². The van der Waals surface area contributed by atoms with Crippen molar-refractivity contribution in [1.29, 1.82) is 0 Å². The van der Waals surface area contributed by atoms with Crippen LogP contribution in [0.2, 0.25) is 0 Å².